The number of nitrogens with zero attached hydrogens (tertiary/aromatic N) is 2. The van der Waals surface area contributed by atoms with Gasteiger partial charge in [0.1, 0.15) is 11.6 Å². The van der Waals surface area contributed by atoms with Crippen molar-refractivity contribution in [2.75, 3.05) is 18.2 Å². The average Bonchev–Trinajstić information content (AvgIpc) is 3.10. The fourth-order valence-corrected chi connectivity index (χ4v) is 3.21. The molecule has 0 fully saturated rings. The highest BCUT2D eigenvalue weighted by molar-refractivity contribution is 7.99. The SMILES string of the molecule is COc1ccc(C)cc1-n1ccnc1SCC(=O)Nc1ccccc1F. The molecule has 0 aliphatic heterocycles. The topological polar surface area (TPSA) is 56.2 Å². The third-order valence-electron chi connectivity index (χ3n) is 3.68. The summed E-state index contributed by atoms with van der Waals surface area (Å²) in [6, 6.07) is 11.9. The van der Waals surface area contributed by atoms with Gasteiger partial charge in [-0.15, -0.1) is 0 Å². The molecule has 1 heterocycles. The number of para-hydroxylation sites is 1. The van der Waals surface area contributed by atoms with Gasteiger partial charge in [0.25, 0.3) is 0 Å². The fraction of sp³-hybridized carbons (Fsp3) is 0.158. The fourth-order valence-electron chi connectivity index (χ4n) is 2.45. The van der Waals surface area contributed by atoms with E-state index >= 15 is 0 Å². The monoisotopic (exact) mass is 371 g/mol. The maximum atomic E-state index is 13.6. The predicted octanol–water partition coefficient (Wildman–Crippen LogP) is 4.06. The number of carbonyl (C=O) groups excluding carboxylic acids is 1. The Labute approximate surface area is 155 Å². The van der Waals surface area contributed by atoms with Crippen LogP contribution in [0.4, 0.5) is 10.1 Å². The van der Waals surface area contributed by atoms with Crippen LogP contribution in [0.25, 0.3) is 5.69 Å². The molecule has 3 rings (SSSR count). The zero-order valence-electron chi connectivity index (χ0n) is 14.4. The number of hydrogen-bond donors (Lipinski definition) is 1. The van der Waals surface area contributed by atoms with Gasteiger partial charge < -0.3 is 10.1 Å². The molecule has 134 valence electrons. The average molecular weight is 371 g/mol. The number of hydrogen-bond acceptors (Lipinski definition) is 4. The molecule has 7 heteroatoms. The maximum Gasteiger partial charge on any atom is 0.234 e. The lowest BCUT2D eigenvalue weighted by atomic mass is 10.2. The van der Waals surface area contributed by atoms with E-state index < -0.39 is 5.82 Å². The minimum Gasteiger partial charge on any atom is -0.495 e. The number of anilines is 1. The highest BCUT2D eigenvalue weighted by Crippen LogP contribution is 2.28. The minimum absolute atomic E-state index is 0.111. The van der Waals surface area contributed by atoms with Crippen molar-refractivity contribution in [1.29, 1.82) is 0 Å². The highest BCUT2D eigenvalue weighted by Gasteiger charge is 2.13. The van der Waals surface area contributed by atoms with Gasteiger partial charge >= 0.3 is 0 Å². The van der Waals surface area contributed by atoms with E-state index in [4.69, 9.17) is 4.74 Å². The summed E-state index contributed by atoms with van der Waals surface area (Å²) in [4.78, 5) is 16.4. The molecule has 2 aromatic carbocycles. The van der Waals surface area contributed by atoms with Crippen LogP contribution in [0.5, 0.6) is 5.75 Å². The summed E-state index contributed by atoms with van der Waals surface area (Å²) in [6.07, 6.45) is 3.48. The predicted molar refractivity (Wildman–Crippen MR) is 101 cm³/mol. The molecule has 1 N–H and O–H groups in total. The summed E-state index contributed by atoms with van der Waals surface area (Å²) in [5.41, 5.74) is 2.10. The Kier molecular flexibility index (Phi) is 5.58. The molecule has 0 unspecified atom stereocenters. The van der Waals surface area contributed by atoms with E-state index in [0.717, 1.165) is 11.3 Å². The van der Waals surface area contributed by atoms with Gasteiger partial charge in [-0.1, -0.05) is 30.0 Å². The Bertz CT molecular complexity index is 927. The van der Waals surface area contributed by atoms with Crippen LogP contribution in [0.1, 0.15) is 5.56 Å². The van der Waals surface area contributed by atoms with Gasteiger partial charge in [0.2, 0.25) is 5.91 Å². The minimum atomic E-state index is -0.461. The van der Waals surface area contributed by atoms with Crippen LogP contribution in [0.3, 0.4) is 0 Å². The molecule has 26 heavy (non-hydrogen) atoms. The van der Waals surface area contributed by atoms with Gasteiger partial charge in [0.15, 0.2) is 5.16 Å². The zero-order valence-corrected chi connectivity index (χ0v) is 15.2. The smallest absolute Gasteiger partial charge is 0.234 e. The molecule has 0 bridgehead atoms. The maximum absolute atomic E-state index is 13.6. The van der Waals surface area contributed by atoms with Crippen molar-refractivity contribution >= 4 is 23.4 Å². The van der Waals surface area contributed by atoms with Crippen molar-refractivity contribution in [2.45, 2.75) is 12.1 Å². The number of imidazole rings is 1. The number of halogens is 1. The number of aromatic nitrogens is 2. The van der Waals surface area contributed by atoms with Crippen molar-refractivity contribution < 1.29 is 13.9 Å². The second-order valence-corrected chi connectivity index (χ2v) is 6.51. The lowest BCUT2D eigenvalue weighted by Crippen LogP contribution is -2.15. The Morgan fingerprint density at radius 3 is 2.88 bits per heavy atom. The first-order valence-electron chi connectivity index (χ1n) is 7.94. The molecule has 0 saturated carbocycles. The number of amides is 1. The number of methoxy groups -OCH3 is 1. The van der Waals surface area contributed by atoms with Gasteiger partial charge in [0, 0.05) is 12.4 Å². The quantitative estimate of drug-likeness (QED) is 0.664. The van der Waals surface area contributed by atoms with E-state index in [1.165, 1.54) is 23.9 Å². The van der Waals surface area contributed by atoms with Crippen LogP contribution in [-0.4, -0.2) is 28.3 Å². The number of rotatable bonds is 6. The molecule has 3 aromatic rings. The number of carbonyl (C=O) groups is 1. The Morgan fingerprint density at radius 1 is 1.31 bits per heavy atom. The summed E-state index contributed by atoms with van der Waals surface area (Å²) in [5.74, 6) is 0.0633. The van der Waals surface area contributed by atoms with Crippen LogP contribution >= 0.6 is 11.8 Å². The molecule has 0 atom stereocenters. The van der Waals surface area contributed by atoms with Gasteiger partial charge in [-0.2, -0.15) is 0 Å². The molecule has 0 aliphatic carbocycles. The van der Waals surface area contributed by atoms with E-state index in [-0.39, 0.29) is 17.3 Å². The number of thioether (sulfide) groups is 1. The highest BCUT2D eigenvalue weighted by atomic mass is 32.2. The van der Waals surface area contributed by atoms with E-state index in [1.807, 2.05) is 35.9 Å². The molecular weight excluding hydrogens is 353 g/mol. The Hall–Kier alpha value is -2.80. The van der Waals surface area contributed by atoms with Crippen molar-refractivity contribution in [1.82, 2.24) is 9.55 Å². The van der Waals surface area contributed by atoms with E-state index in [9.17, 15) is 9.18 Å². The van der Waals surface area contributed by atoms with Crippen molar-refractivity contribution in [3.8, 4) is 11.4 Å². The van der Waals surface area contributed by atoms with Crippen LogP contribution in [0.2, 0.25) is 0 Å². The van der Waals surface area contributed by atoms with Gasteiger partial charge in [-0.3, -0.25) is 9.36 Å². The molecule has 0 spiro atoms. The lowest BCUT2D eigenvalue weighted by Gasteiger charge is -2.13. The van der Waals surface area contributed by atoms with Crippen molar-refractivity contribution in [3.63, 3.8) is 0 Å². The number of aryl methyl sites for hydroxylation is 1. The molecule has 1 amide bonds. The molecule has 0 radical (unpaired) electrons. The van der Waals surface area contributed by atoms with Crippen LogP contribution in [-0.2, 0) is 4.79 Å². The number of ether oxygens (including phenoxy) is 1. The second-order valence-electron chi connectivity index (χ2n) is 5.57. The number of nitrogens with one attached hydrogen (secondary N) is 1. The lowest BCUT2D eigenvalue weighted by molar-refractivity contribution is -0.113. The molecular formula is C19H18FN3O2S. The standard InChI is InChI=1S/C19H18FN3O2S/c1-13-7-8-17(25-2)16(11-13)23-10-9-21-19(23)26-12-18(24)22-15-6-4-3-5-14(15)20/h3-11H,12H2,1-2H3,(H,22,24). The van der Waals surface area contributed by atoms with Crippen molar-refractivity contribution in [2.24, 2.45) is 0 Å². The van der Waals surface area contributed by atoms with Crippen molar-refractivity contribution in [3.05, 3.63) is 66.2 Å². The first kappa shape index (κ1) is 18.0. The summed E-state index contributed by atoms with van der Waals surface area (Å²) in [6.45, 7) is 1.99. The molecule has 5 nitrogen and oxygen atoms in total. The first-order chi connectivity index (χ1) is 12.6. The largest absolute Gasteiger partial charge is 0.495 e. The summed E-state index contributed by atoms with van der Waals surface area (Å²) >= 11 is 1.27. The second kappa shape index (κ2) is 8.05. The summed E-state index contributed by atoms with van der Waals surface area (Å²) < 4.78 is 20.9. The van der Waals surface area contributed by atoms with E-state index in [1.54, 1.807) is 25.4 Å². The Morgan fingerprint density at radius 2 is 2.12 bits per heavy atom. The third-order valence-corrected chi connectivity index (χ3v) is 4.65. The van der Waals surface area contributed by atoms with E-state index in [2.05, 4.69) is 10.3 Å². The zero-order chi connectivity index (χ0) is 18.5. The molecule has 0 saturated heterocycles. The van der Waals surface area contributed by atoms with Gasteiger partial charge in [0.05, 0.1) is 24.2 Å². The van der Waals surface area contributed by atoms with Crippen LogP contribution in [0, 0.1) is 12.7 Å². The van der Waals surface area contributed by atoms with Crippen LogP contribution < -0.4 is 10.1 Å². The summed E-state index contributed by atoms with van der Waals surface area (Å²) in [5, 5.41) is 3.22. The van der Waals surface area contributed by atoms with Crippen LogP contribution in [0.15, 0.2) is 60.0 Å². The molecule has 1 aromatic heterocycles. The van der Waals surface area contributed by atoms with Gasteiger partial charge in [-0.05, 0) is 36.8 Å². The normalized spacial score (nSPS) is 10.6. The molecule has 0 aliphatic rings. The van der Waals surface area contributed by atoms with E-state index in [0.29, 0.717) is 10.9 Å². The number of benzene rings is 2. The summed E-state index contributed by atoms with van der Waals surface area (Å²) in [7, 11) is 1.61. The first-order valence-corrected chi connectivity index (χ1v) is 8.92. The third kappa shape index (κ3) is 4.05. The Balaban J connectivity index is 1.73. The van der Waals surface area contributed by atoms with Gasteiger partial charge in [-0.25, -0.2) is 9.37 Å².